The van der Waals surface area contributed by atoms with E-state index in [1.54, 1.807) is 0 Å². The summed E-state index contributed by atoms with van der Waals surface area (Å²) in [6, 6.07) is 7.69. The van der Waals surface area contributed by atoms with Crippen molar-refractivity contribution >= 4 is 22.6 Å². The van der Waals surface area contributed by atoms with Crippen molar-refractivity contribution in [2.75, 3.05) is 0 Å². The van der Waals surface area contributed by atoms with Gasteiger partial charge in [0.25, 0.3) is 0 Å². The minimum absolute atomic E-state index is 0.0478. The Hall–Kier alpha value is -0.990. The van der Waals surface area contributed by atoms with E-state index in [9.17, 15) is 0 Å². The fraction of sp³-hybridized carbons (Fsp3) is 0.429. The van der Waals surface area contributed by atoms with E-state index in [1.807, 2.05) is 24.3 Å². The minimum atomic E-state index is -0.0478. The van der Waals surface area contributed by atoms with Crippen LogP contribution in [0.5, 0.6) is 0 Å². The molecule has 0 aliphatic carbocycles. The molecular weight excluding hydrogens is 234 g/mol. The molecule has 2 N–H and O–H groups in total. The highest BCUT2D eigenvalue weighted by Gasteiger charge is 2.15. The normalized spacial score (nSPS) is 15.1. The Labute approximate surface area is 107 Å². The zero-order chi connectivity index (χ0) is 12.4. The summed E-state index contributed by atoms with van der Waals surface area (Å²) >= 11 is 6.07. The maximum atomic E-state index is 6.15. The Morgan fingerprint density at radius 1 is 1.41 bits per heavy atom. The molecule has 92 valence electrons. The van der Waals surface area contributed by atoms with Crippen LogP contribution in [0.4, 0.5) is 0 Å². The molecule has 0 saturated heterocycles. The predicted octanol–water partition coefficient (Wildman–Crippen LogP) is 4.52. The quantitative estimate of drug-likeness (QED) is 0.868. The van der Waals surface area contributed by atoms with E-state index in [0.29, 0.717) is 10.9 Å². The van der Waals surface area contributed by atoms with Crippen molar-refractivity contribution in [2.24, 2.45) is 11.7 Å². The van der Waals surface area contributed by atoms with Gasteiger partial charge >= 0.3 is 0 Å². The van der Waals surface area contributed by atoms with Gasteiger partial charge < -0.3 is 10.2 Å². The van der Waals surface area contributed by atoms with Crippen LogP contribution < -0.4 is 5.73 Å². The van der Waals surface area contributed by atoms with Crippen molar-refractivity contribution < 1.29 is 4.42 Å². The monoisotopic (exact) mass is 251 g/mol. The highest BCUT2D eigenvalue weighted by molar-refractivity contribution is 6.34. The van der Waals surface area contributed by atoms with Gasteiger partial charge in [0.05, 0.1) is 11.1 Å². The first-order valence-corrected chi connectivity index (χ1v) is 6.43. The Morgan fingerprint density at radius 3 is 2.82 bits per heavy atom. The van der Waals surface area contributed by atoms with E-state index >= 15 is 0 Å². The molecule has 3 heteroatoms. The van der Waals surface area contributed by atoms with Gasteiger partial charge in [0.1, 0.15) is 5.76 Å². The molecule has 0 saturated carbocycles. The zero-order valence-electron chi connectivity index (χ0n) is 10.2. The van der Waals surface area contributed by atoms with E-state index in [1.165, 1.54) is 0 Å². The molecule has 2 unspecified atom stereocenters. The molecule has 1 aromatic heterocycles. The Bertz CT molecular complexity index is 506. The summed E-state index contributed by atoms with van der Waals surface area (Å²) in [4.78, 5) is 0. The van der Waals surface area contributed by atoms with Gasteiger partial charge in [0.2, 0.25) is 0 Å². The first kappa shape index (κ1) is 12.5. The molecule has 0 aliphatic heterocycles. The van der Waals surface area contributed by atoms with Gasteiger partial charge in [-0.1, -0.05) is 44.0 Å². The third kappa shape index (κ3) is 2.64. The van der Waals surface area contributed by atoms with Gasteiger partial charge in [0.15, 0.2) is 5.58 Å². The number of rotatable bonds is 4. The molecule has 17 heavy (non-hydrogen) atoms. The van der Waals surface area contributed by atoms with Crippen LogP contribution in [0.2, 0.25) is 5.02 Å². The second-order valence-electron chi connectivity index (χ2n) is 4.66. The second kappa shape index (κ2) is 5.11. The number of nitrogens with two attached hydrogens (primary N) is 1. The predicted molar refractivity (Wildman–Crippen MR) is 72.2 cm³/mol. The van der Waals surface area contributed by atoms with Crippen LogP contribution in [0.1, 0.15) is 38.5 Å². The van der Waals surface area contributed by atoms with Crippen LogP contribution >= 0.6 is 11.6 Å². The van der Waals surface area contributed by atoms with Gasteiger partial charge in [-0.15, -0.1) is 0 Å². The molecule has 2 aromatic rings. The average molecular weight is 252 g/mol. The molecule has 1 aromatic carbocycles. The molecule has 0 amide bonds. The Kier molecular flexibility index (Phi) is 3.75. The van der Waals surface area contributed by atoms with Crippen molar-refractivity contribution in [3.63, 3.8) is 0 Å². The molecule has 2 rings (SSSR count). The molecule has 0 fully saturated rings. The summed E-state index contributed by atoms with van der Waals surface area (Å²) in [7, 11) is 0. The van der Waals surface area contributed by atoms with Gasteiger partial charge in [-0.2, -0.15) is 0 Å². The lowest BCUT2D eigenvalue weighted by molar-refractivity contribution is 0.408. The zero-order valence-corrected chi connectivity index (χ0v) is 11.0. The van der Waals surface area contributed by atoms with E-state index < -0.39 is 0 Å². The molecule has 2 atom stereocenters. The van der Waals surface area contributed by atoms with Crippen molar-refractivity contribution in [1.29, 1.82) is 0 Å². The van der Waals surface area contributed by atoms with Crippen molar-refractivity contribution in [3.8, 4) is 0 Å². The highest BCUT2D eigenvalue weighted by Crippen LogP contribution is 2.30. The summed E-state index contributed by atoms with van der Waals surface area (Å²) in [6.07, 6.45) is 2.07. The van der Waals surface area contributed by atoms with Gasteiger partial charge in [-0.3, -0.25) is 0 Å². The molecular formula is C14H18ClNO. The summed E-state index contributed by atoms with van der Waals surface area (Å²) in [5, 5.41) is 1.66. The molecule has 1 heterocycles. The average Bonchev–Trinajstić information content (AvgIpc) is 2.74. The van der Waals surface area contributed by atoms with Crippen LogP contribution in [0.25, 0.3) is 11.0 Å². The van der Waals surface area contributed by atoms with E-state index in [2.05, 4.69) is 13.8 Å². The molecule has 0 bridgehead atoms. The Balaban J connectivity index is 2.27. The van der Waals surface area contributed by atoms with Crippen LogP contribution in [-0.2, 0) is 0 Å². The fourth-order valence-electron chi connectivity index (χ4n) is 1.95. The van der Waals surface area contributed by atoms with Crippen LogP contribution in [-0.4, -0.2) is 0 Å². The largest absolute Gasteiger partial charge is 0.458 e. The van der Waals surface area contributed by atoms with Crippen LogP contribution in [0.15, 0.2) is 28.7 Å². The number of fused-ring (bicyclic) bond motifs is 1. The lowest BCUT2D eigenvalue weighted by atomic mass is 9.98. The van der Waals surface area contributed by atoms with Gasteiger partial charge in [0, 0.05) is 5.39 Å². The number of hydrogen-bond donors (Lipinski definition) is 1. The first-order chi connectivity index (χ1) is 8.11. The van der Waals surface area contributed by atoms with Crippen molar-refractivity contribution in [1.82, 2.24) is 0 Å². The van der Waals surface area contributed by atoms with Crippen LogP contribution in [0.3, 0.4) is 0 Å². The lowest BCUT2D eigenvalue weighted by Gasteiger charge is -2.13. The standard InChI is InChI=1S/C14H18ClNO/c1-3-9(2)7-12(16)13-8-10-5-4-6-11(15)14(10)17-13/h4-6,8-9,12H,3,7,16H2,1-2H3. The van der Waals surface area contributed by atoms with E-state index in [4.69, 9.17) is 21.8 Å². The van der Waals surface area contributed by atoms with Crippen LogP contribution in [0, 0.1) is 5.92 Å². The third-order valence-corrected chi connectivity index (χ3v) is 3.53. The van der Waals surface area contributed by atoms with E-state index in [0.717, 1.165) is 29.6 Å². The van der Waals surface area contributed by atoms with Crippen molar-refractivity contribution in [2.45, 2.75) is 32.7 Å². The number of furan rings is 1. The number of benzene rings is 1. The number of halogens is 1. The van der Waals surface area contributed by atoms with E-state index in [-0.39, 0.29) is 6.04 Å². The molecule has 2 nitrogen and oxygen atoms in total. The van der Waals surface area contributed by atoms with Gasteiger partial charge in [-0.05, 0) is 24.5 Å². The third-order valence-electron chi connectivity index (χ3n) is 3.23. The minimum Gasteiger partial charge on any atom is -0.458 e. The summed E-state index contributed by atoms with van der Waals surface area (Å²) < 4.78 is 5.75. The maximum absolute atomic E-state index is 6.15. The van der Waals surface area contributed by atoms with Crippen molar-refractivity contribution in [3.05, 3.63) is 35.0 Å². The number of para-hydroxylation sites is 1. The molecule has 0 aliphatic rings. The van der Waals surface area contributed by atoms with Gasteiger partial charge in [-0.25, -0.2) is 0 Å². The summed E-state index contributed by atoms with van der Waals surface area (Å²) in [5.41, 5.74) is 6.89. The molecule has 0 spiro atoms. The smallest absolute Gasteiger partial charge is 0.152 e. The maximum Gasteiger partial charge on any atom is 0.152 e. The first-order valence-electron chi connectivity index (χ1n) is 6.05. The molecule has 0 radical (unpaired) electrons. The Morgan fingerprint density at radius 2 is 2.18 bits per heavy atom. The SMILES string of the molecule is CCC(C)CC(N)c1cc2cccc(Cl)c2o1. The lowest BCUT2D eigenvalue weighted by Crippen LogP contribution is -2.12. The second-order valence-corrected chi connectivity index (χ2v) is 5.07. The topological polar surface area (TPSA) is 39.2 Å². The summed E-state index contributed by atoms with van der Waals surface area (Å²) in [6.45, 7) is 4.38. The summed E-state index contributed by atoms with van der Waals surface area (Å²) in [5.74, 6) is 1.43. The highest BCUT2D eigenvalue weighted by atomic mass is 35.5. The fourth-order valence-corrected chi connectivity index (χ4v) is 2.17. The number of hydrogen-bond acceptors (Lipinski definition) is 2.